The number of hydrogen-bond donors (Lipinski definition) is 0. The van der Waals surface area contributed by atoms with Gasteiger partial charge >= 0.3 is 0 Å². The van der Waals surface area contributed by atoms with Crippen LogP contribution < -0.4 is 0 Å². The molecule has 3 nitrogen and oxygen atoms in total. The minimum absolute atomic E-state index is 0.725. The van der Waals surface area contributed by atoms with Crippen LogP contribution in [0, 0.1) is 0 Å². The van der Waals surface area contributed by atoms with Gasteiger partial charge in [-0.1, -0.05) is 12.1 Å². The second-order valence-corrected chi connectivity index (χ2v) is 3.91. The van der Waals surface area contributed by atoms with Crippen molar-refractivity contribution in [3.63, 3.8) is 0 Å². The molecule has 2 rings (SSSR count). The van der Waals surface area contributed by atoms with Crippen molar-refractivity contribution in [1.29, 1.82) is 0 Å². The number of aldehydes is 1. The van der Waals surface area contributed by atoms with Crippen LogP contribution >= 0.6 is 0 Å². The maximum Gasteiger partial charge on any atom is 0.279 e. The summed E-state index contributed by atoms with van der Waals surface area (Å²) in [7, 11) is 4.18. The van der Waals surface area contributed by atoms with Crippen LogP contribution in [0.15, 0.2) is 24.3 Å². The van der Waals surface area contributed by atoms with Crippen LogP contribution in [0.2, 0.25) is 0 Å². The number of carbonyl (C=O) groups is 1. The van der Waals surface area contributed by atoms with Crippen molar-refractivity contribution in [1.82, 2.24) is 4.90 Å². The topological polar surface area (TPSA) is 23.3 Å². The fourth-order valence-electron chi connectivity index (χ4n) is 1.95. The van der Waals surface area contributed by atoms with E-state index in [1.807, 2.05) is 24.3 Å². The second kappa shape index (κ2) is 3.85. The van der Waals surface area contributed by atoms with E-state index < -0.39 is 0 Å². The summed E-state index contributed by atoms with van der Waals surface area (Å²) in [6.45, 7) is 2.11. The molecule has 1 aliphatic rings. The number of rotatable bonds is 2. The first kappa shape index (κ1) is 9.90. The summed E-state index contributed by atoms with van der Waals surface area (Å²) in [4.78, 5) is 12.8. The molecule has 78 valence electrons. The average molecular weight is 203 g/mol. The first-order valence-corrected chi connectivity index (χ1v) is 5.07. The van der Waals surface area contributed by atoms with Crippen molar-refractivity contribution < 1.29 is 9.37 Å². The van der Waals surface area contributed by atoms with Gasteiger partial charge in [0.1, 0.15) is 19.4 Å². The lowest BCUT2D eigenvalue weighted by molar-refractivity contribution is -0.486. The van der Waals surface area contributed by atoms with E-state index in [0.717, 1.165) is 24.9 Å². The average Bonchev–Trinajstić information content (AvgIpc) is 2.59. The highest BCUT2D eigenvalue weighted by Crippen LogP contribution is 2.09. The van der Waals surface area contributed by atoms with Gasteiger partial charge in [0.25, 0.3) is 5.84 Å². The van der Waals surface area contributed by atoms with E-state index >= 15 is 0 Å². The van der Waals surface area contributed by atoms with E-state index in [-0.39, 0.29) is 0 Å². The van der Waals surface area contributed by atoms with Crippen LogP contribution in [0.25, 0.3) is 0 Å². The predicted molar refractivity (Wildman–Crippen MR) is 59.6 cm³/mol. The van der Waals surface area contributed by atoms with Crippen LogP contribution in [0.4, 0.5) is 0 Å². The largest absolute Gasteiger partial charge is 0.298 e. The molecule has 1 aromatic carbocycles. The van der Waals surface area contributed by atoms with Gasteiger partial charge in [-0.3, -0.25) is 14.3 Å². The Morgan fingerprint density at radius 2 is 2.00 bits per heavy atom. The molecule has 0 aliphatic carbocycles. The van der Waals surface area contributed by atoms with Crippen LogP contribution in [0.1, 0.15) is 15.9 Å². The molecule has 0 bridgehead atoms. The van der Waals surface area contributed by atoms with Crippen molar-refractivity contribution in [2.75, 3.05) is 27.2 Å². The summed E-state index contributed by atoms with van der Waals surface area (Å²) in [6.07, 6.45) is 0.872. The van der Waals surface area contributed by atoms with Crippen molar-refractivity contribution >= 4 is 12.1 Å². The molecule has 3 heteroatoms. The summed E-state index contributed by atoms with van der Waals surface area (Å²) in [5.74, 6) is 1.23. The van der Waals surface area contributed by atoms with E-state index in [1.165, 1.54) is 11.4 Å². The summed E-state index contributed by atoms with van der Waals surface area (Å²) < 4.78 is 2.23. The Bertz CT molecular complexity index is 406. The number of nitrogens with zero attached hydrogens (tertiary/aromatic N) is 2. The Morgan fingerprint density at radius 3 is 2.47 bits per heavy atom. The monoisotopic (exact) mass is 203 g/mol. The number of amidine groups is 1. The van der Waals surface area contributed by atoms with E-state index in [9.17, 15) is 4.79 Å². The van der Waals surface area contributed by atoms with Gasteiger partial charge in [-0.15, -0.1) is 0 Å². The van der Waals surface area contributed by atoms with Gasteiger partial charge in [0, 0.05) is 5.56 Å². The lowest BCUT2D eigenvalue weighted by Gasteiger charge is -2.06. The summed E-state index contributed by atoms with van der Waals surface area (Å²) >= 11 is 0. The molecule has 15 heavy (non-hydrogen) atoms. The van der Waals surface area contributed by atoms with Gasteiger partial charge in [-0.2, -0.15) is 0 Å². The van der Waals surface area contributed by atoms with Crippen molar-refractivity contribution in [3.8, 4) is 0 Å². The van der Waals surface area contributed by atoms with E-state index in [4.69, 9.17) is 0 Å². The van der Waals surface area contributed by atoms with Crippen molar-refractivity contribution in [2.45, 2.75) is 0 Å². The molecular formula is C12H15N2O+. The molecule has 0 radical (unpaired) electrons. The Labute approximate surface area is 89.6 Å². The molecule has 1 aliphatic heterocycles. The zero-order chi connectivity index (χ0) is 10.8. The molecule has 0 atom stereocenters. The Hall–Kier alpha value is -1.64. The highest BCUT2D eigenvalue weighted by atomic mass is 16.1. The predicted octanol–water partition coefficient (Wildman–Crippen LogP) is 0.833. The van der Waals surface area contributed by atoms with Gasteiger partial charge in [0.15, 0.2) is 0 Å². The number of carbonyl (C=O) groups excluding carboxylic acids is 1. The molecule has 0 saturated carbocycles. The molecule has 0 amide bonds. The van der Waals surface area contributed by atoms with Crippen LogP contribution in [0.3, 0.4) is 0 Å². The molecule has 0 N–H and O–H groups in total. The quantitative estimate of drug-likeness (QED) is 0.525. The van der Waals surface area contributed by atoms with Crippen LogP contribution in [-0.4, -0.2) is 48.8 Å². The first-order chi connectivity index (χ1) is 7.22. The minimum atomic E-state index is 0.725. The SMILES string of the molecule is CN1CC[N+](C)=C1c1ccc(C=O)cc1. The summed E-state index contributed by atoms with van der Waals surface area (Å²) in [6, 6.07) is 7.71. The van der Waals surface area contributed by atoms with E-state index in [0.29, 0.717) is 0 Å². The molecule has 0 unspecified atom stereocenters. The highest BCUT2D eigenvalue weighted by Gasteiger charge is 2.25. The van der Waals surface area contributed by atoms with Gasteiger partial charge in [0.05, 0.1) is 19.7 Å². The first-order valence-electron chi connectivity index (χ1n) is 5.07. The molecule has 0 fully saturated rings. The fraction of sp³-hybridized carbons (Fsp3) is 0.333. The normalized spacial score (nSPS) is 16.0. The molecule has 1 aromatic rings. The van der Waals surface area contributed by atoms with Gasteiger partial charge < -0.3 is 0 Å². The zero-order valence-electron chi connectivity index (χ0n) is 9.10. The lowest BCUT2D eigenvalue weighted by atomic mass is 10.1. The number of likely N-dealkylation sites (N-methyl/N-ethyl adjacent to an activating group) is 2. The summed E-state index contributed by atoms with van der Waals surface area (Å²) in [5, 5.41) is 0. The molecule has 0 spiro atoms. The Morgan fingerprint density at radius 1 is 1.33 bits per heavy atom. The third kappa shape index (κ3) is 1.77. The van der Waals surface area contributed by atoms with Crippen LogP contribution in [-0.2, 0) is 0 Å². The lowest BCUT2D eigenvalue weighted by Crippen LogP contribution is -2.25. The van der Waals surface area contributed by atoms with Gasteiger partial charge in [-0.05, 0) is 12.1 Å². The third-order valence-electron chi connectivity index (χ3n) is 2.80. The highest BCUT2D eigenvalue weighted by molar-refractivity contribution is 5.96. The maximum absolute atomic E-state index is 10.5. The van der Waals surface area contributed by atoms with Gasteiger partial charge in [0.2, 0.25) is 0 Å². The van der Waals surface area contributed by atoms with Crippen molar-refractivity contribution in [3.05, 3.63) is 35.4 Å². The minimum Gasteiger partial charge on any atom is -0.298 e. The zero-order valence-corrected chi connectivity index (χ0v) is 9.10. The fourth-order valence-corrected chi connectivity index (χ4v) is 1.95. The number of benzene rings is 1. The smallest absolute Gasteiger partial charge is 0.279 e. The standard InChI is InChI=1S/C12H15N2O/c1-13-7-8-14(2)12(13)11-5-3-10(9-15)4-6-11/h3-6,9H,7-8H2,1-2H3/q+1. The molecule has 0 aromatic heterocycles. The molecular weight excluding hydrogens is 188 g/mol. The van der Waals surface area contributed by atoms with Crippen molar-refractivity contribution in [2.24, 2.45) is 0 Å². The Kier molecular flexibility index (Phi) is 2.54. The van der Waals surface area contributed by atoms with Crippen LogP contribution in [0.5, 0.6) is 0 Å². The number of hydrogen-bond acceptors (Lipinski definition) is 2. The maximum atomic E-state index is 10.5. The molecule has 0 saturated heterocycles. The van der Waals surface area contributed by atoms with E-state index in [1.54, 1.807) is 0 Å². The van der Waals surface area contributed by atoms with Gasteiger partial charge in [-0.25, -0.2) is 0 Å². The third-order valence-corrected chi connectivity index (χ3v) is 2.80. The summed E-state index contributed by atoms with van der Waals surface area (Å²) in [5.41, 5.74) is 1.89. The Balaban J connectivity index is 2.37. The van der Waals surface area contributed by atoms with E-state index in [2.05, 4.69) is 23.6 Å². The second-order valence-electron chi connectivity index (χ2n) is 3.91. The molecule has 1 heterocycles.